The van der Waals surface area contributed by atoms with E-state index >= 15 is 0 Å². The summed E-state index contributed by atoms with van der Waals surface area (Å²) in [6, 6.07) is 3.17. The topological polar surface area (TPSA) is 68.0 Å². The van der Waals surface area contributed by atoms with Crippen molar-refractivity contribution in [2.75, 3.05) is 0 Å². The number of fused-ring (bicyclic) bond motifs is 1. The molecule has 0 aliphatic heterocycles. The number of carbonyl (C=O) groups is 1. The number of aryl methyl sites for hydroxylation is 1. The summed E-state index contributed by atoms with van der Waals surface area (Å²) in [5.41, 5.74) is 1.39. The van der Waals surface area contributed by atoms with Gasteiger partial charge in [0.1, 0.15) is 11.3 Å². The van der Waals surface area contributed by atoms with Crippen LogP contribution in [0.3, 0.4) is 0 Å². The molecule has 1 N–H and O–H groups in total. The zero-order valence-corrected chi connectivity index (χ0v) is 9.43. The maximum atomic E-state index is 10.8. The Morgan fingerprint density at radius 2 is 2.06 bits per heavy atom. The zero-order valence-electron chi connectivity index (χ0n) is 9.43. The lowest BCUT2D eigenvalue weighted by molar-refractivity contribution is 0.0691. The van der Waals surface area contributed by atoms with E-state index in [0.717, 1.165) is 11.3 Å². The molecule has 0 bridgehead atoms. The summed E-state index contributed by atoms with van der Waals surface area (Å²) in [7, 11) is 1.85. The van der Waals surface area contributed by atoms with Crippen LogP contribution in [0.2, 0.25) is 0 Å². The summed E-state index contributed by atoms with van der Waals surface area (Å²) in [4.78, 5) is 19.3. The molecule has 0 radical (unpaired) electrons. The monoisotopic (exact) mass is 219 g/mol. The van der Waals surface area contributed by atoms with Gasteiger partial charge in [0.2, 0.25) is 0 Å². The van der Waals surface area contributed by atoms with Crippen LogP contribution in [0.1, 0.15) is 36.1 Å². The van der Waals surface area contributed by atoms with E-state index in [1.807, 2.05) is 25.5 Å². The van der Waals surface area contributed by atoms with E-state index in [4.69, 9.17) is 5.11 Å². The third-order valence-corrected chi connectivity index (χ3v) is 2.49. The molecule has 0 aliphatic rings. The van der Waals surface area contributed by atoms with Crippen LogP contribution < -0.4 is 0 Å². The summed E-state index contributed by atoms with van der Waals surface area (Å²) >= 11 is 0. The third-order valence-electron chi connectivity index (χ3n) is 2.49. The quantitative estimate of drug-likeness (QED) is 0.836. The Kier molecular flexibility index (Phi) is 2.38. The second-order valence-electron chi connectivity index (χ2n) is 4.03. The molecule has 2 aromatic rings. The number of carboxylic acids is 1. The Hall–Kier alpha value is -1.91. The van der Waals surface area contributed by atoms with Gasteiger partial charge in [0.15, 0.2) is 11.3 Å². The Morgan fingerprint density at radius 1 is 1.38 bits per heavy atom. The van der Waals surface area contributed by atoms with E-state index in [0.29, 0.717) is 5.65 Å². The van der Waals surface area contributed by atoms with Crippen LogP contribution in [0.15, 0.2) is 12.1 Å². The molecular formula is C11H13N3O2. The molecule has 84 valence electrons. The molecule has 0 fully saturated rings. The molecule has 0 saturated carbocycles. The van der Waals surface area contributed by atoms with E-state index in [1.165, 1.54) is 6.07 Å². The van der Waals surface area contributed by atoms with Crippen molar-refractivity contribution in [1.29, 1.82) is 0 Å². The first-order valence-electron chi connectivity index (χ1n) is 5.07. The van der Waals surface area contributed by atoms with Crippen LogP contribution in [0.4, 0.5) is 0 Å². The van der Waals surface area contributed by atoms with Gasteiger partial charge < -0.3 is 9.67 Å². The third kappa shape index (κ3) is 1.54. The number of hydrogen-bond acceptors (Lipinski definition) is 3. The highest BCUT2D eigenvalue weighted by molar-refractivity contribution is 5.88. The van der Waals surface area contributed by atoms with Crippen LogP contribution in [-0.2, 0) is 7.05 Å². The largest absolute Gasteiger partial charge is 0.477 e. The first-order valence-corrected chi connectivity index (χ1v) is 5.07. The summed E-state index contributed by atoms with van der Waals surface area (Å²) in [5, 5.41) is 8.86. The average molecular weight is 219 g/mol. The number of hydrogen-bond donors (Lipinski definition) is 1. The number of aromatic carboxylic acids is 1. The Bertz CT molecular complexity index is 558. The standard InChI is InChI=1S/C11H13N3O2/c1-6(2)9-12-7-4-5-8(11(15)16)13-10(7)14(9)3/h4-6H,1-3H3,(H,15,16). The molecular weight excluding hydrogens is 206 g/mol. The predicted octanol–water partition coefficient (Wildman–Crippen LogP) is 1.79. The van der Waals surface area contributed by atoms with Crippen molar-refractivity contribution in [1.82, 2.24) is 14.5 Å². The zero-order chi connectivity index (χ0) is 11.9. The highest BCUT2D eigenvalue weighted by atomic mass is 16.4. The maximum Gasteiger partial charge on any atom is 0.354 e. The van der Waals surface area contributed by atoms with E-state index in [2.05, 4.69) is 9.97 Å². The average Bonchev–Trinajstić information content (AvgIpc) is 2.56. The van der Waals surface area contributed by atoms with Crippen molar-refractivity contribution in [3.63, 3.8) is 0 Å². The van der Waals surface area contributed by atoms with Crippen LogP contribution in [-0.4, -0.2) is 25.6 Å². The van der Waals surface area contributed by atoms with E-state index in [1.54, 1.807) is 6.07 Å². The van der Waals surface area contributed by atoms with Crippen molar-refractivity contribution < 1.29 is 9.90 Å². The van der Waals surface area contributed by atoms with Gasteiger partial charge in [-0.25, -0.2) is 14.8 Å². The molecule has 0 atom stereocenters. The molecule has 2 heterocycles. The summed E-state index contributed by atoms with van der Waals surface area (Å²) in [5.74, 6) is 0.173. The Balaban J connectivity index is 2.69. The van der Waals surface area contributed by atoms with E-state index in [-0.39, 0.29) is 11.6 Å². The van der Waals surface area contributed by atoms with E-state index < -0.39 is 5.97 Å². The number of imidazole rings is 1. The van der Waals surface area contributed by atoms with Gasteiger partial charge in [-0.1, -0.05) is 13.8 Å². The van der Waals surface area contributed by atoms with E-state index in [9.17, 15) is 4.79 Å². The summed E-state index contributed by atoms with van der Waals surface area (Å²) in [6.07, 6.45) is 0. The molecule has 2 aromatic heterocycles. The molecule has 5 heteroatoms. The second kappa shape index (κ2) is 3.59. The van der Waals surface area contributed by atoms with Gasteiger partial charge in [0.25, 0.3) is 0 Å². The number of carboxylic acid groups (broad SMARTS) is 1. The SMILES string of the molecule is CC(C)c1nc2ccc(C(=O)O)nc2n1C. The number of pyridine rings is 1. The molecule has 0 unspecified atom stereocenters. The number of rotatable bonds is 2. The van der Waals surface area contributed by atoms with Gasteiger partial charge in [-0.15, -0.1) is 0 Å². The van der Waals surface area contributed by atoms with Crippen LogP contribution in [0.5, 0.6) is 0 Å². The normalized spacial score (nSPS) is 11.2. The maximum absolute atomic E-state index is 10.8. The molecule has 16 heavy (non-hydrogen) atoms. The molecule has 0 aliphatic carbocycles. The lowest BCUT2D eigenvalue weighted by Gasteiger charge is -2.03. The first-order chi connectivity index (χ1) is 7.50. The molecule has 0 spiro atoms. The number of aromatic nitrogens is 3. The first kappa shape index (κ1) is 10.6. The van der Waals surface area contributed by atoms with Crippen molar-refractivity contribution >= 4 is 17.1 Å². The number of nitrogens with zero attached hydrogens (tertiary/aromatic N) is 3. The highest BCUT2D eigenvalue weighted by Crippen LogP contribution is 2.19. The summed E-state index contributed by atoms with van der Waals surface area (Å²) < 4.78 is 1.84. The van der Waals surface area contributed by atoms with Crippen LogP contribution in [0, 0.1) is 0 Å². The van der Waals surface area contributed by atoms with Gasteiger partial charge >= 0.3 is 5.97 Å². The predicted molar refractivity (Wildman–Crippen MR) is 59.6 cm³/mol. The minimum absolute atomic E-state index is 0.0470. The fourth-order valence-corrected chi connectivity index (χ4v) is 1.72. The Morgan fingerprint density at radius 3 is 2.62 bits per heavy atom. The van der Waals surface area contributed by atoms with Crippen molar-refractivity contribution in [3.05, 3.63) is 23.7 Å². The van der Waals surface area contributed by atoms with Crippen molar-refractivity contribution in [3.8, 4) is 0 Å². The van der Waals surface area contributed by atoms with Gasteiger partial charge in [0.05, 0.1) is 0 Å². The molecule has 0 amide bonds. The fourth-order valence-electron chi connectivity index (χ4n) is 1.72. The summed E-state index contributed by atoms with van der Waals surface area (Å²) in [6.45, 7) is 4.08. The second-order valence-corrected chi connectivity index (χ2v) is 4.03. The molecule has 0 aromatic carbocycles. The minimum atomic E-state index is -1.02. The van der Waals surface area contributed by atoms with Gasteiger partial charge in [0, 0.05) is 13.0 Å². The minimum Gasteiger partial charge on any atom is -0.477 e. The van der Waals surface area contributed by atoms with Gasteiger partial charge in [-0.05, 0) is 12.1 Å². The molecule has 2 rings (SSSR count). The van der Waals surface area contributed by atoms with Crippen LogP contribution >= 0.6 is 0 Å². The van der Waals surface area contributed by atoms with Crippen molar-refractivity contribution in [2.24, 2.45) is 7.05 Å². The highest BCUT2D eigenvalue weighted by Gasteiger charge is 2.14. The molecule has 5 nitrogen and oxygen atoms in total. The fraction of sp³-hybridized carbons (Fsp3) is 0.364. The van der Waals surface area contributed by atoms with Crippen LogP contribution in [0.25, 0.3) is 11.2 Å². The lowest BCUT2D eigenvalue weighted by Crippen LogP contribution is -2.03. The van der Waals surface area contributed by atoms with Gasteiger partial charge in [-0.3, -0.25) is 0 Å². The van der Waals surface area contributed by atoms with Gasteiger partial charge in [-0.2, -0.15) is 0 Å². The molecule has 0 saturated heterocycles. The smallest absolute Gasteiger partial charge is 0.354 e. The van der Waals surface area contributed by atoms with Crippen molar-refractivity contribution in [2.45, 2.75) is 19.8 Å². The Labute approximate surface area is 92.8 Å². The lowest BCUT2D eigenvalue weighted by atomic mass is 10.2.